The van der Waals surface area contributed by atoms with Gasteiger partial charge in [-0.25, -0.2) is 9.79 Å². The molecule has 0 amide bonds. The van der Waals surface area contributed by atoms with Gasteiger partial charge in [-0.3, -0.25) is 0 Å². The first kappa shape index (κ1) is 20.3. The molecule has 2 aromatic rings. The Morgan fingerprint density at radius 2 is 1.74 bits per heavy atom. The number of hydrogen-bond donors (Lipinski definition) is 0. The number of carbonyl (C=O) groups is 1. The molecule has 0 spiro atoms. The molecule has 0 N–H and O–H groups in total. The van der Waals surface area contributed by atoms with Crippen LogP contribution in [0.15, 0.2) is 53.5 Å². The molecule has 0 saturated heterocycles. The molecule has 0 unspecified atom stereocenters. The Bertz CT molecular complexity index is 821. The molecule has 142 valence electrons. The number of hydrogen-bond acceptors (Lipinski definition) is 5. The fourth-order valence-corrected chi connectivity index (χ4v) is 2.46. The van der Waals surface area contributed by atoms with Crippen LogP contribution < -0.4 is 9.47 Å². The lowest BCUT2D eigenvalue weighted by Crippen LogP contribution is -2.13. The summed E-state index contributed by atoms with van der Waals surface area (Å²) in [5.74, 6) is 3.82. The Balaban J connectivity index is 2.17. The standard InChI is InChI=1S/C22H25NO4/c1-16(2)27-22(24)19(18-8-6-5-7-9-18)15-23-13-12-17-10-11-20(25-3)21(14-17)26-4/h5-11,14,16H,12-13H2,1-4H3. The topological polar surface area (TPSA) is 57.1 Å². The van der Waals surface area contributed by atoms with Crippen LogP contribution in [-0.4, -0.2) is 38.7 Å². The zero-order valence-corrected chi connectivity index (χ0v) is 16.2. The van der Waals surface area contributed by atoms with Gasteiger partial charge < -0.3 is 14.2 Å². The van der Waals surface area contributed by atoms with Gasteiger partial charge in [-0.15, -0.1) is 0 Å². The molecule has 2 rings (SSSR count). The highest BCUT2D eigenvalue weighted by Crippen LogP contribution is 2.27. The number of nitrogens with zero attached hydrogens (tertiary/aromatic N) is 1. The van der Waals surface area contributed by atoms with Crippen LogP contribution in [0.2, 0.25) is 0 Å². The first-order valence-electron chi connectivity index (χ1n) is 8.82. The van der Waals surface area contributed by atoms with Crippen molar-refractivity contribution in [2.75, 3.05) is 20.8 Å². The highest BCUT2D eigenvalue weighted by atomic mass is 16.5. The Kier molecular flexibility index (Phi) is 7.65. The fourth-order valence-electron chi connectivity index (χ4n) is 2.46. The maximum absolute atomic E-state index is 12.4. The summed E-state index contributed by atoms with van der Waals surface area (Å²) < 4.78 is 15.9. The first-order valence-corrected chi connectivity index (χ1v) is 8.82. The van der Waals surface area contributed by atoms with Crippen molar-refractivity contribution in [3.8, 4) is 11.5 Å². The average molecular weight is 367 g/mol. The molecule has 0 atom stereocenters. The van der Waals surface area contributed by atoms with E-state index in [1.165, 1.54) is 0 Å². The Hall–Kier alpha value is -3.04. The molecule has 27 heavy (non-hydrogen) atoms. The highest BCUT2D eigenvalue weighted by Gasteiger charge is 2.15. The van der Waals surface area contributed by atoms with E-state index in [9.17, 15) is 4.79 Å². The number of carbonyl (C=O) groups excluding carboxylic acids is 1. The molecule has 2 aromatic carbocycles. The Morgan fingerprint density at radius 1 is 1.04 bits per heavy atom. The summed E-state index contributed by atoms with van der Waals surface area (Å²) >= 11 is 0. The van der Waals surface area contributed by atoms with E-state index in [4.69, 9.17) is 14.2 Å². The van der Waals surface area contributed by atoms with Gasteiger partial charge in [-0.1, -0.05) is 36.4 Å². The Morgan fingerprint density at radius 3 is 2.37 bits per heavy atom. The minimum atomic E-state index is -0.425. The van der Waals surface area contributed by atoms with E-state index in [-0.39, 0.29) is 6.10 Å². The first-order chi connectivity index (χ1) is 13.0. The highest BCUT2D eigenvalue weighted by molar-refractivity contribution is 6.25. The van der Waals surface area contributed by atoms with E-state index < -0.39 is 5.97 Å². The Labute approximate surface area is 160 Å². The van der Waals surface area contributed by atoms with Crippen LogP contribution in [0.5, 0.6) is 11.5 Å². The smallest absolute Gasteiger partial charge is 0.348 e. The lowest BCUT2D eigenvalue weighted by Gasteiger charge is -2.09. The van der Waals surface area contributed by atoms with Crippen LogP contribution in [0.1, 0.15) is 25.0 Å². The second-order valence-corrected chi connectivity index (χ2v) is 6.13. The largest absolute Gasteiger partial charge is 0.493 e. The van der Waals surface area contributed by atoms with Crippen molar-refractivity contribution < 1.29 is 19.0 Å². The predicted molar refractivity (Wildman–Crippen MR) is 107 cm³/mol. The third-order valence-corrected chi connectivity index (χ3v) is 3.76. The van der Waals surface area contributed by atoms with E-state index in [0.717, 1.165) is 11.1 Å². The molecule has 0 radical (unpaired) electrons. The summed E-state index contributed by atoms with van der Waals surface area (Å²) in [5, 5.41) is 0. The molecular formula is C22H25NO4. The number of benzene rings is 2. The van der Waals surface area contributed by atoms with Crippen molar-refractivity contribution >= 4 is 17.4 Å². The molecule has 0 aromatic heterocycles. The fraction of sp³-hybridized carbons (Fsp3) is 0.318. The van der Waals surface area contributed by atoms with Gasteiger partial charge in [0.2, 0.25) is 0 Å². The zero-order valence-electron chi connectivity index (χ0n) is 16.2. The number of ether oxygens (including phenoxy) is 3. The number of esters is 1. The van der Waals surface area contributed by atoms with Crippen LogP contribution in [0.3, 0.4) is 0 Å². The third kappa shape index (κ3) is 6.01. The second kappa shape index (κ2) is 10.2. The quantitative estimate of drug-likeness (QED) is 0.403. The minimum absolute atomic E-state index is 0.204. The summed E-state index contributed by atoms with van der Waals surface area (Å²) in [7, 11) is 3.21. The van der Waals surface area contributed by atoms with Crippen molar-refractivity contribution in [2.24, 2.45) is 4.99 Å². The molecule has 0 saturated carbocycles. The molecule has 5 nitrogen and oxygen atoms in total. The van der Waals surface area contributed by atoms with Crippen LogP contribution in [0, 0.1) is 0 Å². The summed E-state index contributed by atoms with van der Waals surface area (Å²) in [6.07, 6.45) is 0.485. The van der Waals surface area contributed by atoms with E-state index in [1.54, 1.807) is 14.2 Å². The molecular weight excluding hydrogens is 342 g/mol. The molecule has 0 aliphatic heterocycles. The van der Waals surface area contributed by atoms with Gasteiger partial charge in [0.15, 0.2) is 11.5 Å². The molecule has 0 fully saturated rings. The average Bonchev–Trinajstić information content (AvgIpc) is 2.67. The van der Waals surface area contributed by atoms with Crippen LogP contribution in [0.25, 0.3) is 5.57 Å². The molecule has 0 aliphatic rings. The molecule has 5 heteroatoms. The summed E-state index contributed by atoms with van der Waals surface area (Å²) in [6.45, 7) is 4.12. The van der Waals surface area contributed by atoms with Crippen LogP contribution in [0.4, 0.5) is 0 Å². The van der Waals surface area contributed by atoms with Gasteiger partial charge in [0.05, 0.1) is 26.9 Å². The van der Waals surface area contributed by atoms with Gasteiger partial charge in [0, 0.05) is 0 Å². The number of rotatable bonds is 8. The van der Waals surface area contributed by atoms with E-state index >= 15 is 0 Å². The molecule has 0 aliphatic carbocycles. The lowest BCUT2D eigenvalue weighted by molar-refractivity contribution is -0.140. The zero-order chi connectivity index (χ0) is 19.6. The van der Waals surface area contributed by atoms with Crippen LogP contribution in [-0.2, 0) is 16.0 Å². The van der Waals surface area contributed by atoms with E-state index in [1.807, 2.05) is 62.4 Å². The van der Waals surface area contributed by atoms with Crippen molar-refractivity contribution in [1.82, 2.24) is 0 Å². The number of aliphatic imine (C=N–C) groups is 1. The number of methoxy groups -OCH3 is 2. The summed E-state index contributed by atoms with van der Waals surface area (Å²) in [5.41, 5.74) is 2.12. The monoisotopic (exact) mass is 367 g/mol. The van der Waals surface area contributed by atoms with E-state index in [0.29, 0.717) is 30.0 Å². The van der Waals surface area contributed by atoms with Gasteiger partial charge in [0.1, 0.15) is 5.57 Å². The second-order valence-electron chi connectivity index (χ2n) is 6.13. The summed E-state index contributed by atoms with van der Waals surface area (Å²) in [6, 6.07) is 15.1. The molecule has 0 bridgehead atoms. The lowest BCUT2D eigenvalue weighted by atomic mass is 10.1. The summed E-state index contributed by atoms with van der Waals surface area (Å²) in [4.78, 5) is 16.7. The SMILES string of the molecule is COc1ccc(CCN=C=C(C(=O)OC(C)C)c2ccccc2)cc1OC. The third-order valence-electron chi connectivity index (χ3n) is 3.76. The van der Waals surface area contributed by atoms with Gasteiger partial charge >= 0.3 is 5.97 Å². The minimum Gasteiger partial charge on any atom is -0.493 e. The molecule has 0 heterocycles. The van der Waals surface area contributed by atoms with Gasteiger partial charge in [0.25, 0.3) is 0 Å². The van der Waals surface area contributed by atoms with Crippen molar-refractivity contribution in [1.29, 1.82) is 0 Å². The maximum Gasteiger partial charge on any atom is 0.348 e. The predicted octanol–water partition coefficient (Wildman–Crippen LogP) is 3.95. The maximum atomic E-state index is 12.4. The van der Waals surface area contributed by atoms with Gasteiger partial charge in [-0.05, 0) is 49.4 Å². The normalized spacial score (nSPS) is 10.1. The van der Waals surface area contributed by atoms with Crippen molar-refractivity contribution in [3.05, 3.63) is 59.7 Å². The van der Waals surface area contributed by atoms with Gasteiger partial charge in [-0.2, -0.15) is 0 Å². The van der Waals surface area contributed by atoms with Crippen molar-refractivity contribution in [3.63, 3.8) is 0 Å². The van der Waals surface area contributed by atoms with E-state index in [2.05, 4.69) is 10.9 Å². The van der Waals surface area contributed by atoms with Crippen LogP contribution >= 0.6 is 0 Å². The van der Waals surface area contributed by atoms with Crippen molar-refractivity contribution in [2.45, 2.75) is 26.4 Å².